The van der Waals surface area contributed by atoms with Crippen LogP contribution in [0.5, 0.6) is 5.75 Å². The molecule has 19 heavy (non-hydrogen) atoms. The molecule has 2 heterocycles. The van der Waals surface area contributed by atoms with Crippen LogP contribution < -0.4 is 10.5 Å². The SMILES string of the molecule is CCCn1ncc(OC)c1C(=O)c1ncccc1N. The second-order valence-corrected chi connectivity index (χ2v) is 4.06. The summed E-state index contributed by atoms with van der Waals surface area (Å²) in [5.74, 6) is 0.157. The molecule has 0 aliphatic rings. The highest BCUT2D eigenvalue weighted by molar-refractivity contribution is 6.11. The molecule has 0 amide bonds. The first-order valence-corrected chi connectivity index (χ1v) is 6.04. The van der Waals surface area contributed by atoms with E-state index in [-0.39, 0.29) is 11.5 Å². The van der Waals surface area contributed by atoms with Crippen LogP contribution in [0.15, 0.2) is 24.5 Å². The molecular weight excluding hydrogens is 244 g/mol. The van der Waals surface area contributed by atoms with Crippen LogP contribution in [0.3, 0.4) is 0 Å². The van der Waals surface area contributed by atoms with Gasteiger partial charge in [0, 0.05) is 12.7 Å². The summed E-state index contributed by atoms with van der Waals surface area (Å²) in [6.45, 7) is 2.65. The molecule has 2 aromatic heterocycles. The summed E-state index contributed by atoms with van der Waals surface area (Å²) in [5, 5.41) is 4.16. The highest BCUT2D eigenvalue weighted by Gasteiger charge is 2.23. The van der Waals surface area contributed by atoms with Crippen LogP contribution in [0.1, 0.15) is 29.5 Å². The molecule has 0 spiro atoms. The summed E-state index contributed by atoms with van der Waals surface area (Å²) >= 11 is 0. The van der Waals surface area contributed by atoms with E-state index in [0.717, 1.165) is 6.42 Å². The van der Waals surface area contributed by atoms with Crippen molar-refractivity contribution >= 4 is 11.5 Å². The third-order valence-electron chi connectivity index (χ3n) is 2.73. The van der Waals surface area contributed by atoms with E-state index < -0.39 is 0 Å². The number of carbonyl (C=O) groups excluding carboxylic acids is 1. The highest BCUT2D eigenvalue weighted by atomic mass is 16.5. The average molecular weight is 260 g/mol. The van der Waals surface area contributed by atoms with Crippen molar-refractivity contribution in [2.24, 2.45) is 0 Å². The fourth-order valence-electron chi connectivity index (χ4n) is 1.85. The van der Waals surface area contributed by atoms with E-state index in [1.165, 1.54) is 19.5 Å². The van der Waals surface area contributed by atoms with E-state index in [4.69, 9.17) is 10.5 Å². The predicted molar refractivity (Wildman–Crippen MR) is 71.2 cm³/mol. The van der Waals surface area contributed by atoms with E-state index in [9.17, 15) is 4.79 Å². The lowest BCUT2D eigenvalue weighted by Gasteiger charge is -2.08. The van der Waals surface area contributed by atoms with Gasteiger partial charge in [0.25, 0.3) is 0 Å². The van der Waals surface area contributed by atoms with Crippen LogP contribution in [0.25, 0.3) is 0 Å². The first-order valence-electron chi connectivity index (χ1n) is 6.04. The largest absolute Gasteiger partial charge is 0.493 e. The highest BCUT2D eigenvalue weighted by Crippen LogP contribution is 2.22. The zero-order chi connectivity index (χ0) is 13.8. The van der Waals surface area contributed by atoms with E-state index in [1.807, 2.05) is 6.92 Å². The number of ketones is 1. The van der Waals surface area contributed by atoms with Crippen molar-refractivity contribution in [2.45, 2.75) is 19.9 Å². The summed E-state index contributed by atoms with van der Waals surface area (Å²) in [5.41, 5.74) is 6.74. The van der Waals surface area contributed by atoms with Crippen LogP contribution in [-0.4, -0.2) is 27.7 Å². The van der Waals surface area contributed by atoms with Gasteiger partial charge in [-0.2, -0.15) is 5.10 Å². The number of rotatable bonds is 5. The second-order valence-electron chi connectivity index (χ2n) is 4.06. The van der Waals surface area contributed by atoms with Crippen LogP contribution in [0.2, 0.25) is 0 Å². The average Bonchev–Trinajstić information content (AvgIpc) is 2.82. The molecule has 0 saturated heterocycles. The zero-order valence-corrected chi connectivity index (χ0v) is 11.0. The van der Waals surface area contributed by atoms with Gasteiger partial charge in [-0.05, 0) is 18.6 Å². The number of nitrogens with zero attached hydrogens (tertiary/aromatic N) is 3. The molecule has 2 rings (SSSR count). The Hall–Kier alpha value is -2.37. The number of aromatic nitrogens is 3. The number of pyridine rings is 1. The summed E-state index contributed by atoms with van der Waals surface area (Å²) in [6, 6.07) is 3.33. The second kappa shape index (κ2) is 5.51. The van der Waals surface area contributed by atoms with Gasteiger partial charge in [-0.15, -0.1) is 0 Å². The Balaban J connectivity index is 2.48. The lowest BCUT2D eigenvalue weighted by molar-refractivity contribution is 0.102. The van der Waals surface area contributed by atoms with Crippen molar-refractivity contribution in [3.63, 3.8) is 0 Å². The zero-order valence-electron chi connectivity index (χ0n) is 11.0. The van der Waals surface area contributed by atoms with Crippen LogP contribution in [-0.2, 0) is 6.54 Å². The quantitative estimate of drug-likeness (QED) is 0.824. The maximum Gasteiger partial charge on any atom is 0.235 e. The summed E-state index contributed by atoms with van der Waals surface area (Å²) in [4.78, 5) is 16.6. The topological polar surface area (TPSA) is 83.0 Å². The smallest absolute Gasteiger partial charge is 0.235 e. The van der Waals surface area contributed by atoms with E-state index in [2.05, 4.69) is 10.1 Å². The molecule has 0 fully saturated rings. The maximum absolute atomic E-state index is 12.5. The Kier molecular flexibility index (Phi) is 3.79. The molecule has 100 valence electrons. The molecule has 6 heteroatoms. The van der Waals surface area contributed by atoms with Gasteiger partial charge < -0.3 is 10.5 Å². The molecule has 0 aliphatic carbocycles. The van der Waals surface area contributed by atoms with Crippen molar-refractivity contribution in [3.05, 3.63) is 35.9 Å². The van der Waals surface area contributed by atoms with E-state index in [0.29, 0.717) is 23.7 Å². The number of ether oxygens (including phenoxy) is 1. The number of hydrogen-bond donors (Lipinski definition) is 1. The lowest BCUT2D eigenvalue weighted by atomic mass is 10.1. The molecule has 0 aromatic carbocycles. The van der Waals surface area contributed by atoms with E-state index in [1.54, 1.807) is 16.8 Å². The van der Waals surface area contributed by atoms with Crippen LogP contribution in [0.4, 0.5) is 5.69 Å². The number of methoxy groups -OCH3 is 1. The van der Waals surface area contributed by atoms with Gasteiger partial charge in [-0.25, -0.2) is 0 Å². The number of aryl methyl sites for hydroxylation is 1. The normalized spacial score (nSPS) is 10.4. The summed E-state index contributed by atoms with van der Waals surface area (Å²) in [6.07, 6.45) is 3.93. The monoisotopic (exact) mass is 260 g/mol. The van der Waals surface area contributed by atoms with Crippen molar-refractivity contribution in [3.8, 4) is 5.75 Å². The minimum absolute atomic E-state index is 0.221. The van der Waals surface area contributed by atoms with Crippen molar-refractivity contribution in [1.82, 2.24) is 14.8 Å². The van der Waals surface area contributed by atoms with Gasteiger partial charge in [0.1, 0.15) is 5.69 Å². The van der Waals surface area contributed by atoms with Gasteiger partial charge in [-0.1, -0.05) is 6.92 Å². The Morgan fingerprint density at radius 3 is 2.95 bits per heavy atom. The van der Waals surface area contributed by atoms with Gasteiger partial charge in [0.2, 0.25) is 5.78 Å². The van der Waals surface area contributed by atoms with E-state index >= 15 is 0 Å². The van der Waals surface area contributed by atoms with Crippen molar-refractivity contribution < 1.29 is 9.53 Å². The Labute approximate surface area is 111 Å². The van der Waals surface area contributed by atoms with Crippen molar-refractivity contribution in [2.75, 3.05) is 12.8 Å². The molecule has 0 radical (unpaired) electrons. The van der Waals surface area contributed by atoms with Gasteiger partial charge in [0.15, 0.2) is 11.4 Å². The number of hydrogen-bond acceptors (Lipinski definition) is 5. The third kappa shape index (κ3) is 2.42. The number of carbonyl (C=O) groups is 1. The number of anilines is 1. The molecule has 0 unspecified atom stereocenters. The van der Waals surface area contributed by atoms with Crippen LogP contribution in [0, 0.1) is 0 Å². The van der Waals surface area contributed by atoms with Crippen LogP contribution >= 0.6 is 0 Å². The molecule has 2 aromatic rings. The first-order chi connectivity index (χ1) is 9.19. The fourth-order valence-corrected chi connectivity index (χ4v) is 1.85. The molecule has 0 saturated carbocycles. The Bertz CT molecular complexity index is 592. The standard InChI is InChI=1S/C13H16N4O2/c1-3-7-17-12(10(19-2)8-16-17)13(18)11-9(14)5-4-6-15-11/h4-6,8H,3,7,14H2,1-2H3. The van der Waals surface area contributed by atoms with Gasteiger partial charge in [-0.3, -0.25) is 14.5 Å². The summed E-state index contributed by atoms with van der Waals surface area (Å²) in [7, 11) is 1.51. The molecule has 0 bridgehead atoms. The molecule has 0 atom stereocenters. The number of nitrogens with two attached hydrogens (primary N) is 1. The molecule has 0 aliphatic heterocycles. The third-order valence-corrected chi connectivity index (χ3v) is 2.73. The van der Waals surface area contributed by atoms with Gasteiger partial charge >= 0.3 is 0 Å². The molecule has 2 N–H and O–H groups in total. The minimum atomic E-state index is -0.277. The summed E-state index contributed by atoms with van der Waals surface area (Å²) < 4.78 is 6.80. The predicted octanol–water partition coefficient (Wildman–Crippen LogP) is 1.51. The molecule has 6 nitrogen and oxygen atoms in total. The number of nitrogen functional groups attached to an aromatic ring is 1. The minimum Gasteiger partial charge on any atom is -0.493 e. The Morgan fingerprint density at radius 2 is 2.32 bits per heavy atom. The van der Waals surface area contributed by atoms with Crippen molar-refractivity contribution in [1.29, 1.82) is 0 Å². The first kappa shape index (κ1) is 13.1. The fraction of sp³-hybridized carbons (Fsp3) is 0.308. The van der Waals surface area contributed by atoms with Gasteiger partial charge in [0.05, 0.1) is 19.0 Å². The lowest BCUT2D eigenvalue weighted by Crippen LogP contribution is -2.15. The maximum atomic E-state index is 12.5. The Morgan fingerprint density at radius 1 is 1.53 bits per heavy atom. The molecular formula is C13H16N4O2.